The molecule has 0 amide bonds. The summed E-state index contributed by atoms with van der Waals surface area (Å²) in [5.41, 5.74) is 5.47. The first-order valence-electron chi connectivity index (χ1n) is 4.62. The minimum Gasteiger partial charge on any atom is -0.365 e. The van der Waals surface area contributed by atoms with Crippen LogP contribution >= 0.6 is 0 Å². The largest absolute Gasteiger partial charge is 0.365 e. The van der Waals surface area contributed by atoms with Gasteiger partial charge in [0.2, 0.25) is 0 Å². The summed E-state index contributed by atoms with van der Waals surface area (Å²) in [6.45, 7) is 2.60. The molecule has 5 heteroatoms. The Morgan fingerprint density at radius 2 is 2.43 bits per heavy atom. The molecule has 0 aliphatic carbocycles. The Balaban J connectivity index is 2.59. The molecule has 0 spiro atoms. The Labute approximate surface area is 83.0 Å². The molecule has 0 saturated heterocycles. The first kappa shape index (κ1) is 10.7. The molecule has 5 nitrogen and oxygen atoms in total. The Morgan fingerprint density at radius 1 is 1.71 bits per heavy atom. The van der Waals surface area contributed by atoms with E-state index in [9.17, 15) is 4.79 Å². The van der Waals surface area contributed by atoms with Gasteiger partial charge in [-0.2, -0.15) is 0 Å². The Kier molecular flexibility index (Phi) is 3.64. The molecule has 1 aromatic rings. The van der Waals surface area contributed by atoms with Gasteiger partial charge in [-0.15, -0.1) is 0 Å². The number of anilines is 1. The Bertz CT molecular complexity index is 345. The molecular formula is C9H16N4O. The number of aryl methyl sites for hydroxylation is 1. The minimum atomic E-state index is -0.114. The Hall–Kier alpha value is -1.36. The second kappa shape index (κ2) is 4.76. The summed E-state index contributed by atoms with van der Waals surface area (Å²) in [5.74, 6) is 0.385. The molecule has 1 unspecified atom stereocenters. The van der Waals surface area contributed by atoms with Crippen molar-refractivity contribution >= 4 is 5.82 Å². The average molecular weight is 196 g/mol. The van der Waals surface area contributed by atoms with Crippen LogP contribution in [0.4, 0.5) is 5.82 Å². The fourth-order valence-corrected chi connectivity index (χ4v) is 1.04. The number of hydrogen-bond acceptors (Lipinski definition) is 4. The zero-order valence-electron chi connectivity index (χ0n) is 8.53. The van der Waals surface area contributed by atoms with Crippen LogP contribution in [0.5, 0.6) is 0 Å². The third kappa shape index (κ3) is 2.85. The molecule has 0 radical (unpaired) electrons. The van der Waals surface area contributed by atoms with Crippen LogP contribution in [0.15, 0.2) is 17.2 Å². The standard InChI is InChI=1S/C9H16N4O/c1-7(10)3-4-11-8-9(14)13(2)6-5-12-8/h5-7H,3-4,10H2,1-2H3,(H,11,12). The maximum atomic E-state index is 11.5. The number of nitrogens with zero attached hydrogens (tertiary/aromatic N) is 2. The highest BCUT2D eigenvalue weighted by molar-refractivity contribution is 5.30. The molecule has 0 fully saturated rings. The van der Waals surface area contributed by atoms with E-state index in [1.807, 2.05) is 6.92 Å². The van der Waals surface area contributed by atoms with E-state index in [1.54, 1.807) is 19.4 Å². The summed E-state index contributed by atoms with van der Waals surface area (Å²) >= 11 is 0. The summed E-state index contributed by atoms with van der Waals surface area (Å²) in [5, 5.41) is 2.96. The summed E-state index contributed by atoms with van der Waals surface area (Å²) in [6.07, 6.45) is 4.04. The van der Waals surface area contributed by atoms with Crippen molar-refractivity contribution < 1.29 is 0 Å². The molecule has 1 rings (SSSR count). The van der Waals surface area contributed by atoms with Crippen molar-refractivity contribution in [2.75, 3.05) is 11.9 Å². The molecular weight excluding hydrogens is 180 g/mol. The van der Waals surface area contributed by atoms with Gasteiger partial charge >= 0.3 is 0 Å². The number of nitrogens with two attached hydrogens (primary N) is 1. The topological polar surface area (TPSA) is 72.9 Å². The molecule has 0 saturated carbocycles. The molecule has 1 heterocycles. The molecule has 0 bridgehead atoms. The van der Waals surface area contributed by atoms with E-state index < -0.39 is 0 Å². The lowest BCUT2D eigenvalue weighted by atomic mass is 10.2. The number of hydrogen-bond donors (Lipinski definition) is 2. The number of rotatable bonds is 4. The van der Waals surface area contributed by atoms with Crippen molar-refractivity contribution in [3.05, 3.63) is 22.7 Å². The van der Waals surface area contributed by atoms with Crippen LogP contribution in [0, 0.1) is 0 Å². The van der Waals surface area contributed by atoms with Crippen LogP contribution in [0.2, 0.25) is 0 Å². The van der Waals surface area contributed by atoms with Crippen LogP contribution in [-0.4, -0.2) is 22.1 Å². The molecule has 1 atom stereocenters. The fraction of sp³-hybridized carbons (Fsp3) is 0.556. The molecule has 0 aliphatic rings. The second-order valence-corrected chi connectivity index (χ2v) is 3.38. The van der Waals surface area contributed by atoms with Gasteiger partial charge in [0.25, 0.3) is 5.56 Å². The normalized spacial score (nSPS) is 12.5. The van der Waals surface area contributed by atoms with Gasteiger partial charge in [-0.25, -0.2) is 4.98 Å². The lowest BCUT2D eigenvalue weighted by Crippen LogP contribution is -2.25. The number of nitrogens with one attached hydrogen (secondary N) is 1. The molecule has 0 aromatic carbocycles. The lowest BCUT2D eigenvalue weighted by Gasteiger charge is -2.07. The van der Waals surface area contributed by atoms with Gasteiger partial charge < -0.3 is 15.6 Å². The van der Waals surface area contributed by atoms with Crippen LogP contribution < -0.4 is 16.6 Å². The van der Waals surface area contributed by atoms with Gasteiger partial charge in [-0.05, 0) is 13.3 Å². The molecule has 3 N–H and O–H groups in total. The maximum absolute atomic E-state index is 11.5. The zero-order chi connectivity index (χ0) is 10.6. The molecule has 78 valence electrons. The summed E-state index contributed by atoms with van der Waals surface area (Å²) < 4.78 is 1.49. The van der Waals surface area contributed by atoms with Crippen LogP contribution in [-0.2, 0) is 7.05 Å². The molecule has 0 aliphatic heterocycles. The van der Waals surface area contributed by atoms with Crippen molar-refractivity contribution in [3.8, 4) is 0 Å². The first-order chi connectivity index (χ1) is 6.61. The van der Waals surface area contributed by atoms with E-state index >= 15 is 0 Å². The number of aromatic nitrogens is 2. The predicted molar refractivity (Wildman–Crippen MR) is 56.2 cm³/mol. The monoisotopic (exact) mass is 196 g/mol. The third-order valence-corrected chi connectivity index (χ3v) is 1.91. The van der Waals surface area contributed by atoms with Gasteiger partial charge in [0.05, 0.1) is 0 Å². The summed E-state index contributed by atoms with van der Waals surface area (Å²) in [6, 6.07) is 0.134. The van der Waals surface area contributed by atoms with E-state index in [4.69, 9.17) is 5.73 Å². The average Bonchev–Trinajstić information content (AvgIpc) is 2.12. The summed E-state index contributed by atoms with van der Waals surface area (Å²) in [7, 11) is 1.70. The summed E-state index contributed by atoms with van der Waals surface area (Å²) in [4.78, 5) is 15.4. The maximum Gasteiger partial charge on any atom is 0.293 e. The highest BCUT2D eigenvalue weighted by Gasteiger charge is 2.01. The van der Waals surface area contributed by atoms with Crippen LogP contribution in [0.3, 0.4) is 0 Å². The van der Waals surface area contributed by atoms with Crippen molar-refractivity contribution in [2.24, 2.45) is 12.8 Å². The van der Waals surface area contributed by atoms with Crippen LogP contribution in [0.1, 0.15) is 13.3 Å². The van der Waals surface area contributed by atoms with Crippen molar-refractivity contribution in [3.63, 3.8) is 0 Å². The zero-order valence-corrected chi connectivity index (χ0v) is 8.53. The van der Waals surface area contributed by atoms with Gasteiger partial charge in [0.1, 0.15) is 0 Å². The lowest BCUT2D eigenvalue weighted by molar-refractivity contribution is 0.687. The fourth-order valence-electron chi connectivity index (χ4n) is 1.04. The van der Waals surface area contributed by atoms with Crippen molar-refractivity contribution in [2.45, 2.75) is 19.4 Å². The predicted octanol–water partition coefficient (Wildman–Crippen LogP) is -0.0705. The Morgan fingerprint density at radius 3 is 3.07 bits per heavy atom. The van der Waals surface area contributed by atoms with Crippen LogP contribution in [0.25, 0.3) is 0 Å². The van der Waals surface area contributed by atoms with E-state index in [0.717, 1.165) is 6.42 Å². The first-order valence-corrected chi connectivity index (χ1v) is 4.62. The third-order valence-electron chi connectivity index (χ3n) is 1.91. The quantitative estimate of drug-likeness (QED) is 0.707. The molecule has 14 heavy (non-hydrogen) atoms. The van der Waals surface area contributed by atoms with E-state index in [0.29, 0.717) is 12.4 Å². The van der Waals surface area contributed by atoms with E-state index in [-0.39, 0.29) is 11.6 Å². The minimum absolute atomic E-state index is 0.114. The van der Waals surface area contributed by atoms with Gasteiger partial charge in [-0.1, -0.05) is 0 Å². The van der Waals surface area contributed by atoms with Gasteiger partial charge in [-0.3, -0.25) is 4.79 Å². The van der Waals surface area contributed by atoms with E-state index in [1.165, 1.54) is 4.57 Å². The highest BCUT2D eigenvalue weighted by Crippen LogP contribution is 1.93. The smallest absolute Gasteiger partial charge is 0.293 e. The highest BCUT2D eigenvalue weighted by atomic mass is 16.1. The van der Waals surface area contributed by atoms with Gasteiger partial charge in [0.15, 0.2) is 5.82 Å². The molecule has 1 aromatic heterocycles. The van der Waals surface area contributed by atoms with Gasteiger partial charge in [0, 0.05) is 32.0 Å². The van der Waals surface area contributed by atoms with E-state index in [2.05, 4.69) is 10.3 Å². The SMILES string of the molecule is CC(N)CCNc1nccn(C)c1=O. The van der Waals surface area contributed by atoms with Crippen molar-refractivity contribution in [1.29, 1.82) is 0 Å². The van der Waals surface area contributed by atoms with Crippen molar-refractivity contribution in [1.82, 2.24) is 9.55 Å². The second-order valence-electron chi connectivity index (χ2n) is 3.38.